The maximum atomic E-state index is 11.9. The molecule has 0 saturated heterocycles. The summed E-state index contributed by atoms with van der Waals surface area (Å²) < 4.78 is 0. The van der Waals surface area contributed by atoms with Gasteiger partial charge in [0.1, 0.15) is 5.82 Å². The first-order valence-electron chi connectivity index (χ1n) is 7.65. The van der Waals surface area contributed by atoms with E-state index in [4.69, 9.17) is 0 Å². The van der Waals surface area contributed by atoms with E-state index in [9.17, 15) is 9.59 Å². The van der Waals surface area contributed by atoms with E-state index >= 15 is 0 Å². The summed E-state index contributed by atoms with van der Waals surface area (Å²) in [6.45, 7) is 9.93. The van der Waals surface area contributed by atoms with Gasteiger partial charge in [-0.05, 0) is 46.0 Å². The van der Waals surface area contributed by atoms with Crippen molar-refractivity contribution in [3.8, 4) is 0 Å². The highest BCUT2D eigenvalue weighted by Gasteiger charge is 2.11. The second-order valence-electron chi connectivity index (χ2n) is 6.16. The molecule has 0 bridgehead atoms. The minimum Gasteiger partial charge on any atom is -0.354 e. The number of hydrogen-bond donors (Lipinski definition) is 2. The third-order valence-corrected chi connectivity index (χ3v) is 3.53. The molecule has 0 spiro atoms. The molecule has 1 atom stereocenters. The van der Waals surface area contributed by atoms with Crippen LogP contribution >= 0.6 is 0 Å². The second kappa shape index (κ2) is 7.96. The number of aryl methyl sites for hydroxylation is 2. The number of nitrogens with one attached hydrogen (secondary N) is 2. The van der Waals surface area contributed by atoms with Crippen molar-refractivity contribution in [2.75, 3.05) is 0 Å². The van der Waals surface area contributed by atoms with E-state index in [1.165, 1.54) is 0 Å². The highest BCUT2D eigenvalue weighted by Crippen LogP contribution is 2.07. The lowest BCUT2D eigenvalue weighted by Crippen LogP contribution is -2.33. The molecule has 0 aliphatic heterocycles. The summed E-state index contributed by atoms with van der Waals surface area (Å²) in [7, 11) is 0. The Morgan fingerprint density at radius 1 is 1.24 bits per heavy atom. The fourth-order valence-corrected chi connectivity index (χ4v) is 2.29. The molecule has 0 saturated carbocycles. The van der Waals surface area contributed by atoms with E-state index < -0.39 is 0 Å². The molecule has 5 nitrogen and oxygen atoms in total. The number of aromatic nitrogens is 2. The molecule has 1 rings (SSSR count). The maximum Gasteiger partial charge on any atom is 0.254 e. The SMILES string of the molecule is Cc1nc(C)c(CCC(=O)N[C@@H](C)CCC(C)C)c(=O)[nH]1. The fraction of sp³-hybridized carbons (Fsp3) is 0.688. The van der Waals surface area contributed by atoms with Crippen LogP contribution in [0.25, 0.3) is 0 Å². The van der Waals surface area contributed by atoms with Gasteiger partial charge in [0.15, 0.2) is 0 Å². The van der Waals surface area contributed by atoms with E-state index in [2.05, 4.69) is 29.1 Å². The molecule has 0 fully saturated rings. The third-order valence-electron chi connectivity index (χ3n) is 3.53. The standard InChI is InChI=1S/C16H27N3O2/c1-10(2)6-7-11(3)17-15(20)9-8-14-12(4)18-13(5)19-16(14)21/h10-11H,6-9H2,1-5H3,(H,17,20)(H,18,19,21)/t11-/m0/s1. The summed E-state index contributed by atoms with van der Waals surface area (Å²) in [5, 5.41) is 2.98. The normalized spacial score (nSPS) is 12.5. The van der Waals surface area contributed by atoms with Crippen LogP contribution in [0.5, 0.6) is 0 Å². The average Bonchev–Trinajstić information content (AvgIpc) is 2.34. The average molecular weight is 293 g/mol. The number of H-pyrrole nitrogens is 1. The Morgan fingerprint density at radius 3 is 2.48 bits per heavy atom. The predicted molar refractivity (Wildman–Crippen MR) is 84.3 cm³/mol. The topological polar surface area (TPSA) is 74.8 Å². The number of carbonyl (C=O) groups is 1. The molecule has 0 aromatic carbocycles. The zero-order chi connectivity index (χ0) is 16.0. The molecule has 1 aromatic rings. The van der Waals surface area contributed by atoms with Crippen LogP contribution in [0.2, 0.25) is 0 Å². The van der Waals surface area contributed by atoms with Crippen molar-refractivity contribution in [1.29, 1.82) is 0 Å². The van der Waals surface area contributed by atoms with E-state index in [0.29, 0.717) is 35.8 Å². The molecule has 21 heavy (non-hydrogen) atoms. The summed E-state index contributed by atoms with van der Waals surface area (Å²) in [6.07, 6.45) is 2.83. The molecule has 0 aliphatic rings. The Balaban J connectivity index is 2.48. The fourth-order valence-electron chi connectivity index (χ4n) is 2.29. The van der Waals surface area contributed by atoms with Crippen molar-refractivity contribution >= 4 is 5.91 Å². The number of hydrogen-bond acceptors (Lipinski definition) is 3. The molecular weight excluding hydrogens is 266 g/mol. The first-order chi connectivity index (χ1) is 9.79. The monoisotopic (exact) mass is 293 g/mol. The summed E-state index contributed by atoms with van der Waals surface area (Å²) in [4.78, 5) is 30.7. The molecular formula is C16H27N3O2. The number of rotatable bonds is 7. The van der Waals surface area contributed by atoms with Crippen LogP contribution in [-0.4, -0.2) is 21.9 Å². The van der Waals surface area contributed by atoms with Crippen LogP contribution in [0.1, 0.15) is 57.1 Å². The van der Waals surface area contributed by atoms with E-state index in [0.717, 1.165) is 12.8 Å². The summed E-state index contributed by atoms with van der Waals surface area (Å²) in [5.41, 5.74) is 1.17. The Bertz CT molecular complexity index is 535. The first-order valence-corrected chi connectivity index (χ1v) is 7.65. The second-order valence-corrected chi connectivity index (χ2v) is 6.16. The van der Waals surface area contributed by atoms with Crippen molar-refractivity contribution in [2.24, 2.45) is 5.92 Å². The predicted octanol–water partition coefficient (Wildman–Crippen LogP) is 2.26. The van der Waals surface area contributed by atoms with Crippen LogP contribution in [0.4, 0.5) is 0 Å². The molecule has 0 unspecified atom stereocenters. The largest absolute Gasteiger partial charge is 0.354 e. The van der Waals surface area contributed by atoms with Gasteiger partial charge in [0, 0.05) is 23.7 Å². The molecule has 0 radical (unpaired) electrons. The molecule has 2 N–H and O–H groups in total. The first kappa shape index (κ1) is 17.4. The highest BCUT2D eigenvalue weighted by molar-refractivity contribution is 5.76. The van der Waals surface area contributed by atoms with E-state index in [-0.39, 0.29) is 17.5 Å². The Morgan fingerprint density at radius 2 is 1.90 bits per heavy atom. The lowest BCUT2D eigenvalue weighted by atomic mass is 10.0. The van der Waals surface area contributed by atoms with Gasteiger partial charge in [-0.1, -0.05) is 13.8 Å². The molecule has 118 valence electrons. The van der Waals surface area contributed by atoms with Gasteiger partial charge in [-0.15, -0.1) is 0 Å². The maximum absolute atomic E-state index is 11.9. The third kappa shape index (κ3) is 6.10. The lowest BCUT2D eigenvalue weighted by molar-refractivity contribution is -0.121. The summed E-state index contributed by atoms with van der Waals surface area (Å²) in [5.74, 6) is 1.24. The zero-order valence-corrected chi connectivity index (χ0v) is 13.7. The van der Waals surface area contributed by atoms with Gasteiger partial charge in [-0.3, -0.25) is 9.59 Å². The Kier molecular flexibility index (Phi) is 6.59. The zero-order valence-electron chi connectivity index (χ0n) is 13.7. The van der Waals surface area contributed by atoms with Gasteiger partial charge in [0.2, 0.25) is 5.91 Å². The molecule has 5 heteroatoms. The van der Waals surface area contributed by atoms with E-state index in [1.807, 2.05) is 6.92 Å². The van der Waals surface area contributed by atoms with Crippen molar-refractivity contribution < 1.29 is 4.79 Å². The van der Waals surface area contributed by atoms with Crippen LogP contribution in [0, 0.1) is 19.8 Å². The summed E-state index contributed by atoms with van der Waals surface area (Å²) >= 11 is 0. The van der Waals surface area contributed by atoms with Gasteiger partial charge in [0.25, 0.3) is 5.56 Å². The number of aromatic amines is 1. The van der Waals surface area contributed by atoms with Crippen LogP contribution in [0.15, 0.2) is 4.79 Å². The van der Waals surface area contributed by atoms with Gasteiger partial charge in [-0.25, -0.2) is 4.98 Å². The molecule has 1 aromatic heterocycles. The van der Waals surface area contributed by atoms with Gasteiger partial charge in [-0.2, -0.15) is 0 Å². The van der Waals surface area contributed by atoms with Crippen molar-refractivity contribution in [2.45, 2.75) is 66.3 Å². The van der Waals surface area contributed by atoms with Gasteiger partial charge < -0.3 is 10.3 Å². The highest BCUT2D eigenvalue weighted by atomic mass is 16.1. The minimum absolute atomic E-state index is 0.00867. The Hall–Kier alpha value is -1.65. The van der Waals surface area contributed by atoms with Crippen LogP contribution in [-0.2, 0) is 11.2 Å². The van der Waals surface area contributed by atoms with Crippen molar-refractivity contribution in [3.05, 3.63) is 27.4 Å². The number of amides is 1. The Labute approximate surface area is 126 Å². The van der Waals surface area contributed by atoms with E-state index in [1.54, 1.807) is 13.8 Å². The molecule has 0 aliphatic carbocycles. The minimum atomic E-state index is -0.138. The molecule has 1 amide bonds. The number of carbonyl (C=O) groups excluding carboxylic acids is 1. The van der Waals surface area contributed by atoms with Crippen molar-refractivity contribution in [1.82, 2.24) is 15.3 Å². The molecule has 1 heterocycles. The van der Waals surface area contributed by atoms with Crippen LogP contribution in [0.3, 0.4) is 0 Å². The number of nitrogens with zero attached hydrogens (tertiary/aromatic N) is 1. The smallest absolute Gasteiger partial charge is 0.254 e. The quantitative estimate of drug-likeness (QED) is 0.809. The lowest BCUT2D eigenvalue weighted by Gasteiger charge is -2.15. The van der Waals surface area contributed by atoms with Gasteiger partial charge in [0.05, 0.1) is 0 Å². The van der Waals surface area contributed by atoms with Crippen LogP contribution < -0.4 is 10.9 Å². The van der Waals surface area contributed by atoms with Gasteiger partial charge >= 0.3 is 0 Å². The van der Waals surface area contributed by atoms with Crippen molar-refractivity contribution in [3.63, 3.8) is 0 Å². The summed E-state index contributed by atoms with van der Waals surface area (Å²) in [6, 6.07) is 0.176.